The van der Waals surface area contributed by atoms with E-state index in [1.807, 2.05) is 30.3 Å². The molecule has 140 valence electrons. The number of nitrogens with zero attached hydrogens (tertiary/aromatic N) is 1. The third-order valence-corrected chi connectivity index (χ3v) is 4.68. The normalized spacial score (nSPS) is 10.6. The van der Waals surface area contributed by atoms with Gasteiger partial charge in [-0.25, -0.2) is 13.8 Å². The van der Waals surface area contributed by atoms with E-state index in [4.69, 9.17) is 4.74 Å². The van der Waals surface area contributed by atoms with E-state index in [0.717, 1.165) is 5.75 Å². The number of halogens is 2. The maximum absolute atomic E-state index is 13.8. The van der Waals surface area contributed by atoms with Crippen LogP contribution in [-0.2, 0) is 11.2 Å². The number of amides is 1. The summed E-state index contributed by atoms with van der Waals surface area (Å²) in [6.07, 6.45) is 0.732. The van der Waals surface area contributed by atoms with Crippen LogP contribution >= 0.6 is 11.3 Å². The number of benzene rings is 2. The van der Waals surface area contributed by atoms with Crippen LogP contribution in [0.2, 0.25) is 0 Å². The summed E-state index contributed by atoms with van der Waals surface area (Å²) in [5.41, 5.74) is 0.564. The Bertz CT molecular complexity index is 880. The zero-order valence-electron chi connectivity index (χ0n) is 14.5. The van der Waals surface area contributed by atoms with Gasteiger partial charge in [-0.3, -0.25) is 4.79 Å². The molecule has 0 fully saturated rings. The Morgan fingerprint density at radius 3 is 2.56 bits per heavy atom. The Morgan fingerprint density at radius 2 is 1.81 bits per heavy atom. The lowest BCUT2D eigenvalue weighted by atomic mass is 10.2. The summed E-state index contributed by atoms with van der Waals surface area (Å²) in [5.74, 6) is -0.674. The Balaban J connectivity index is 1.43. The Morgan fingerprint density at radius 1 is 1.07 bits per heavy atom. The largest absolute Gasteiger partial charge is 0.493 e. The van der Waals surface area contributed by atoms with Gasteiger partial charge in [0.15, 0.2) is 0 Å². The highest BCUT2D eigenvalue weighted by molar-refractivity contribution is 7.13. The molecule has 0 saturated carbocycles. The predicted octanol–water partition coefficient (Wildman–Crippen LogP) is 4.22. The van der Waals surface area contributed by atoms with Gasteiger partial charge in [0.05, 0.1) is 24.3 Å². The van der Waals surface area contributed by atoms with Crippen molar-refractivity contribution in [2.75, 3.05) is 13.2 Å². The first-order valence-corrected chi connectivity index (χ1v) is 9.35. The van der Waals surface area contributed by atoms with Crippen molar-refractivity contribution in [1.29, 1.82) is 0 Å². The summed E-state index contributed by atoms with van der Waals surface area (Å²) >= 11 is 1.18. The van der Waals surface area contributed by atoms with Crippen LogP contribution in [0.5, 0.6) is 5.75 Å². The fourth-order valence-electron chi connectivity index (χ4n) is 2.44. The van der Waals surface area contributed by atoms with E-state index in [1.54, 1.807) is 5.38 Å². The van der Waals surface area contributed by atoms with Gasteiger partial charge in [-0.15, -0.1) is 11.3 Å². The first kappa shape index (κ1) is 19.0. The van der Waals surface area contributed by atoms with Gasteiger partial charge in [-0.05, 0) is 24.3 Å². The van der Waals surface area contributed by atoms with E-state index in [-0.39, 0.29) is 17.9 Å². The van der Waals surface area contributed by atoms with Crippen LogP contribution in [0.15, 0.2) is 53.9 Å². The number of thiazole rings is 1. The zero-order valence-corrected chi connectivity index (χ0v) is 15.3. The molecule has 3 rings (SSSR count). The summed E-state index contributed by atoms with van der Waals surface area (Å²) in [6.45, 7) is 0.691. The van der Waals surface area contributed by atoms with E-state index in [2.05, 4.69) is 10.3 Å². The lowest BCUT2D eigenvalue weighted by Crippen LogP contribution is -2.27. The van der Waals surface area contributed by atoms with Crippen LogP contribution in [-0.4, -0.2) is 24.0 Å². The van der Waals surface area contributed by atoms with Crippen molar-refractivity contribution in [2.45, 2.75) is 12.8 Å². The van der Waals surface area contributed by atoms with Crippen LogP contribution in [0.4, 0.5) is 8.78 Å². The number of hydrogen-bond donors (Lipinski definition) is 1. The molecular formula is C20H18F2N2O2S. The molecule has 0 saturated heterocycles. The molecule has 27 heavy (non-hydrogen) atoms. The maximum Gasteiger partial charge on any atom is 0.223 e. The van der Waals surface area contributed by atoms with Gasteiger partial charge in [0.2, 0.25) is 5.91 Å². The first-order chi connectivity index (χ1) is 13.1. The second-order valence-electron chi connectivity index (χ2n) is 5.75. The molecule has 0 aliphatic heterocycles. The minimum atomic E-state index is -0.636. The average molecular weight is 388 g/mol. The zero-order chi connectivity index (χ0) is 19.1. The topological polar surface area (TPSA) is 51.2 Å². The van der Waals surface area contributed by atoms with Crippen molar-refractivity contribution in [3.63, 3.8) is 0 Å². The molecule has 1 amide bonds. The van der Waals surface area contributed by atoms with Gasteiger partial charge in [-0.2, -0.15) is 0 Å². The summed E-state index contributed by atoms with van der Waals surface area (Å²) < 4.78 is 33.1. The number of ether oxygens (including phenoxy) is 1. The lowest BCUT2D eigenvalue weighted by Gasteiger charge is -2.06. The highest BCUT2D eigenvalue weighted by Gasteiger charge is 2.14. The lowest BCUT2D eigenvalue weighted by molar-refractivity contribution is -0.121. The summed E-state index contributed by atoms with van der Waals surface area (Å²) in [5, 5.41) is 4.82. The number of carbonyl (C=O) groups is 1. The fourth-order valence-corrected chi connectivity index (χ4v) is 3.34. The molecule has 0 atom stereocenters. The second kappa shape index (κ2) is 9.23. The highest BCUT2D eigenvalue weighted by atomic mass is 32.1. The molecule has 0 bridgehead atoms. The quantitative estimate of drug-likeness (QED) is 0.629. The van der Waals surface area contributed by atoms with E-state index in [9.17, 15) is 13.6 Å². The minimum Gasteiger partial charge on any atom is -0.493 e. The van der Waals surface area contributed by atoms with Gasteiger partial charge >= 0.3 is 0 Å². The smallest absolute Gasteiger partial charge is 0.223 e. The van der Waals surface area contributed by atoms with Crippen LogP contribution in [0.3, 0.4) is 0 Å². The van der Waals surface area contributed by atoms with E-state index >= 15 is 0 Å². The molecule has 1 heterocycles. The van der Waals surface area contributed by atoms with Crippen LogP contribution in [0.1, 0.15) is 12.1 Å². The summed E-state index contributed by atoms with van der Waals surface area (Å²) in [4.78, 5) is 16.1. The standard InChI is InChI=1S/C20H18F2N2O2S/c21-16-7-4-8-17(22)19(16)20-24-14(13-27-20)9-11-23-18(25)10-12-26-15-5-2-1-3-6-15/h1-8,13H,9-12H2,(H,23,25). The van der Waals surface area contributed by atoms with Crippen molar-refractivity contribution >= 4 is 17.2 Å². The number of hydrogen-bond acceptors (Lipinski definition) is 4. The molecule has 3 aromatic rings. The Kier molecular flexibility index (Phi) is 6.49. The van der Waals surface area contributed by atoms with Crippen molar-refractivity contribution in [2.24, 2.45) is 0 Å². The third kappa shape index (κ3) is 5.34. The van der Waals surface area contributed by atoms with Gasteiger partial charge in [0.25, 0.3) is 0 Å². The highest BCUT2D eigenvalue weighted by Crippen LogP contribution is 2.28. The molecule has 7 heteroatoms. The Labute approximate surface area is 159 Å². The molecule has 2 aromatic carbocycles. The van der Waals surface area contributed by atoms with Gasteiger partial charge in [0, 0.05) is 18.3 Å². The number of rotatable bonds is 8. The molecule has 0 aliphatic carbocycles. The number of nitrogens with one attached hydrogen (secondary N) is 1. The van der Waals surface area contributed by atoms with Crippen molar-refractivity contribution in [3.8, 4) is 16.3 Å². The molecule has 0 spiro atoms. The fraction of sp³-hybridized carbons (Fsp3) is 0.200. The number of aromatic nitrogens is 1. The first-order valence-electron chi connectivity index (χ1n) is 8.47. The van der Waals surface area contributed by atoms with Crippen LogP contribution in [0, 0.1) is 11.6 Å². The molecular weight excluding hydrogens is 370 g/mol. The van der Waals surface area contributed by atoms with Gasteiger partial charge < -0.3 is 10.1 Å². The summed E-state index contributed by atoms with van der Waals surface area (Å²) in [6, 6.07) is 13.0. The molecule has 0 unspecified atom stereocenters. The van der Waals surface area contributed by atoms with Crippen LogP contribution < -0.4 is 10.1 Å². The minimum absolute atomic E-state index is 0.115. The molecule has 1 aromatic heterocycles. The van der Waals surface area contributed by atoms with E-state index in [1.165, 1.54) is 29.5 Å². The third-order valence-electron chi connectivity index (χ3n) is 3.77. The second-order valence-corrected chi connectivity index (χ2v) is 6.61. The summed E-state index contributed by atoms with van der Waals surface area (Å²) in [7, 11) is 0. The Hall–Kier alpha value is -2.80. The van der Waals surface area contributed by atoms with Crippen molar-refractivity contribution in [1.82, 2.24) is 10.3 Å². The molecule has 1 N–H and O–H groups in total. The number of carbonyl (C=O) groups excluding carboxylic acids is 1. The number of para-hydroxylation sites is 1. The monoisotopic (exact) mass is 388 g/mol. The molecule has 4 nitrogen and oxygen atoms in total. The molecule has 0 aliphatic rings. The predicted molar refractivity (Wildman–Crippen MR) is 101 cm³/mol. The van der Waals surface area contributed by atoms with Gasteiger partial charge in [0.1, 0.15) is 22.4 Å². The van der Waals surface area contributed by atoms with Gasteiger partial charge in [-0.1, -0.05) is 24.3 Å². The molecule has 0 radical (unpaired) electrons. The van der Waals surface area contributed by atoms with Crippen molar-refractivity contribution in [3.05, 3.63) is 71.2 Å². The maximum atomic E-state index is 13.8. The SMILES string of the molecule is O=C(CCOc1ccccc1)NCCc1csc(-c2c(F)cccc2F)n1. The van der Waals surface area contributed by atoms with Crippen molar-refractivity contribution < 1.29 is 18.3 Å². The van der Waals surface area contributed by atoms with E-state index < -0.39 is 11.6 Å². The van der Waals surface area contributed by atoms with Crippen LogP contribution in [0.25, 0.3) is 10.6 Å². The van der Waals surface area contributed by atoms with E-state index in [0.29, 0.717) is 30.3 Å². The average Bonchev–Trinajstić information content (AvgIpc) is 3.11.